The van der Waals surface area contributed by atoms with Crippen molar-refractivity contribution in [3.05, 3.63) is 38.9 Å². The molecule has 4 bridgehead atoms. The van der Waals surface area contributed by atoms with Crippen molar-refractivity contribution in [2.75, 3.05) is 6.54 Å². The number of hydrogen-bond donors (Lipinski definition) is 0. The van der Waals surface area contributed by atoms with Crippen LogP contribution in [0.5, 0.6) is 0 Å². The lowest BCUT2D eigenvalue weighted by Gasteiger charge is -2.43. The number of nitriles is 1. The summed E-state index contributed by atoms with van der Waals surface area (Å²) < 4.78 is 0. The Kier molecular flexibility index (Phi) is 3.09. The number of carbonyl (C=O) groups is 1. The molecule has 4 atom stereocenters. The van der Waals surface area contributed by atoms with Gasteiger partial charge in [-0.3, -0.25) is 14.9 Å². The van der Waals surface area contributed by atoms with E-state index in [9.17, 15) is 20.2 Å². The molecule has 1 amide bonds. The van der Waals surface area contributed by atoms with Crippen molar-refractivity contribution in [1.82, 2.24) is 4.90 Å². The molecule has 130 valence electrons. The first kappa shape index (κ1) is 16.3. The summed E-state index contributed by atoms with van der Waals surface area (Å²) in [5, 5.41) is 21.1. The van der Waals surface area contributed by atoms with E-state index in [-0.39, 0.29) is 33.0 Å². The summed E-state index contributed by atoms with van der Waals surface area (Å²) in [4.78, 5) is 25.3. The molecule has 4 rings (SSSR count). The van der Waals surface area contributed by atoms with Crippen LogP contribution < -0.4 is 0 Å². The number of nitro groups is 1. The van der Waals surface area contributed by atoms with Gasteiger partial charge >= 0.3 is 0 Å². The van der Waals surface area contributed by atoms with Crippen LogP contribution in [-0.4, -0.2) is 27.8 Å². The molecule has 1 aromatic carbocycles. The second-order valence-electron chi connectivity index (χ2n) is 7.98. The highest BCUT2D eigenvalue weighted by atomic mass is 35.5. The highest BCUT2D eigenvalue weighted by Crippen LogP contribution is 2.75. The summed E-state index contributed by atoms with van der Waals surface area (Å²) in [6.07, 6.45) is 2.73. The van der Waals surface area contributed by atoms with Crippen LogP contribution in [0.4, 0.5) is 5.69 Å². The van der Waals surface area contributed by atoms with E-state index >= 15 is 0 Å². The van der Waals surface area contributed by atoms with Crippen molar-refractivity contribution in [1.29, 1.82) is 5.26 Å². The van der Waals surface area contributed by atoms with Crippen LogP contribution in [0.1, 0.15) is 43.5 Å². The predicted molar refractivity (Wildman–Crippen MR) is 91.0 cm³/mol. The van der Waals surface area contributed by atoms with Gasteiger partial charge in [0.15, 0.2) is 0 Å². The molecule has 2 saturated carbocycles. The third-order valence-electron chi connectivity index (χ3n) is 7.38. The number of carbonyl (C=O) groups excluding carboxylic acids is 1. The summed E-state index contributed by atoms with van der Waals surface area (Å²) in [6.45, 7) is 4.83. The van der Waals surface area contributed by atoms with Crippen LogP contribution in [0.3, 0.4) is 0 Å². The topological polar surface area (TPSA) is 87.2 Å². The minimum absolute atomic E-state index is 0.00234. The third-order valence-corrected chi connectivity index (χ3v) is 7.70. The minimum Gasteiger partial charge on any atom is -0.319 e. The maximum atomic E-state index is 13.2. The van der Waals surface area contributed by atoms with Gasteiger partial charge in [0.2, 0.25) is 0 Å². The van der Waals surface area contributed by atoms with Gasteiger partial charge in [0.05, 0.1) is 11.0 Å². The molecule has 0 spiro atoms. The number of piperidine rings is 1. The molecule has 1 heterocycles. The molecule has 3 fully saturated rings. The van der Waals surface area contributed by atoms with Gasteiger partial charge in [0.1, 0.15) is 10.6 Å². The van der Waals surface area contributed by atoms with E-state index in [4.69, 9.17) is 11.6 Å². The molecule has 1 saturated heterocycles. The number of benzene rings is 1. The standard InChI is InChI=1S/C18H18ClN3O3/c1-16-10-21(18(9-20)8-12(16)5-6-17(16,18)2)15(23)11-3-4-13(19)14(7-11)22(24)25/h3-4,7,12H,5-6,8,10H2,1-2H3. The lowest BCUT2D eigenvalue weighted by Crippen LogP contribution is -2.54. The average molecular weight is 360 g/mol. The monoisotopic (exact) mass is 359 g/mol. The first-order valence-electron chi connectivity index (χ1n) is 8.37. The summed E-state index contributed by atoms with van der Waals surface area (Å²) in [6, 6.07) is 6.54. The SMILES string of the molecule is CC12CN(C(=O)c3ccc(Cl)c([N+](=O)[O-])c3)C3(C#N)CC1CCC23C. The molecule has 3 aliphatic rings. The van der Waals surface area contributed by atoms with Crippen molar-refractivity contribution in [3.8, 4) is 6.07 Å². The number of rotatable bonds is 2. The Balaban J connectivity index is 1.77. The first-order valence-corrected chi connectivity index (χ1v) is 8.75. The van der Waals surface area contributed by atoms with Crippen LogP contribution >= 0.6 is 11.6 Å². The first-order chi connectivity index (χ1) is 11.7. The zero-order valence-electron chi connectivity index (χ0n) is 14.1. The normalized spacial score (nSPS) is 38.0. The lowest BCUT2D eigenvalue weighted by atomic mass is 9.66. The van der Waals surface area contributed by atoms with Crippen molar-refractivity contribution >= 4 is 23.2 Å². The van der Waals surface area contributed by atoms with Crippen LogP contribution in [0.25, 0.3) is 0 Å². The number of nitro benzene ring substituents is 1. The molecule has 4 unspecified atom stereocenters. The van der Waals surface area contributed by atoms with Crippen molar-refractivity contribution < 1.29 is 9.72 Å². The van der Waals surface area contributed by atoms with Crippen LogP contribution in [-0.2, 0) is 0 Å². The second-order valence-corrected chi connectivity index (χ2v) is 8.38. The molecule has 2 aliphatic carbocycles. The Bertz CT molecular complexity index is 866. The van der Waals surface area contributed by atoms with E-state index in [0.717, 1.165) is 12.8 Å². The predicted octanol–water partition coefficient (Wildman–Crippen LogP) is 3.79. The maximum Gasteiger partial charge on any atom is 0.288 e. The molecule has 0 radical (unpaired) electrons. The number of nitrogens with zero attached hydrogens (tertiary/aromatic N) is 3. The van der Waals surface area contributed by atoms with Gasteiger partial charge in [-0.25, -0.2) is 0 Å². The molecule has 6 nitrogen and oxygen atoms in total. The number of likely N-dealkylation sites (tertiary alicyclic amines) is 1. The fraction of sp³-hybridized carbons (Fsp3) is 0.556. The van der Waals surface area contributed by atoms with E-state index < -0.39 is 10.5 Å². The Morgan fingerprint density at radius 1 is 1.48 bits per heavy atom. The Hall–Kier alpha value is -2.13. The van der Waals surface area contributed by atoms with Gasteiger partial charge in [0.25, 0.3) is 11.6 Å². The van der Waals surface area contributed by atoms with Crippen LogP contribution in [0, 0.1) is 38.2 Å². The number of amides is 1. The Labute approximate surface area is 150 Å². The van der Waals surface area contributed by atoms with Gasteiger partial charge in [-0.15, -0.1) is 0 Å². The zero-order valence-corrected chi connectivity index (χ0v) is 14.8. The van der Waals surface area contributed by atoms with E-state index in [0.29, 0.717) is 18.9 Å². The van der Waals surface area contributed by atoms with E-state index in [2.05, 4.69) is 19.9 Å². The van der Waals surface area contributed by atoms with Crippen LogP contribution in [0.15, 0.2) is 18.2 Å². The molecule has 1 aromatic rings. The Morgan fingerprint density at radius 3 is 2.80 bits per heavy atom. The molecule has 25 heavy (non-hydrogen) atoms. The molecule has 0 N–H and O–H groups in total. The van der Waals surface area contributed by atoms with Crippen molar-refractivity contribution in [3.63, 3.8) is 0 Å². The lowest BCUT2D eigenvalue weighted by molar-refractivity contribution is -0.384. The van der Waals surface area contributed by atoms with E-state index in [1.54, 1.807) is 4.90 Å². The van der Waals surface area contributed by atoms with Gasteiger partial charge in [-0.1, -0.05) is 25.4 Å². The Morgan fingerprint density at radius 2 is 2.20 bits per heavy atom. The second kappa shape index (κ2) is 4.73. The summed E-state index contributed by atoms with van der Waals surface area (Å²) >= 11 is 5.85. The smallest absolute Gasteiger partial charge is 0.288 e. The highest BCUT2D eigenvalue weighted by Gasteiger charge is 2.78. The molecule has 0 aromatic heterocycles. The minimum atomic E-state index is -0.823. The average Bonchev–Trinajstić information content (AvgIpc) is 3.03. The summed E-state index contributed by atoms with van der Waals surface area (Å²) in [5.41, 5.74) is -1.21. The summed E-state index contributed by atoms with van der Waals surface area (Å²) in [7, 11) is 0. The summed E-state index contributed by atoms with van der Waals surface area (Å²) in [5.74, 6) is 0.136. The third kappa shape index (κ3) is 1.67. The maximum absolute atomic E-state index is 13.2. The molecular weight excluding hydrogens is 342 g/mol. The van der Waals surface area contributed by atoms with Crippen LogP contribution in [0.2, 0.25) is 5.02 Å². The van der Waals surface area contributed by atoms with E-state index in [1.807, 2.05) is 0 Å². The zero-order chi connectivity index (χ0) is 18.2. The number of halogens is 1. The molecule has 7 heteroatoms. The van der Waals surface area contributed by atoms with E-state index in [1.165, 1.54) is 18.2 Å². The fourth-order valence-electron chi connectivity index (χ4n) is 5.70. The highest BCUT2D eigenvalue weighted by molar-refractivity contribution is 6.32. The van der Waals surface area contributed by atoms with Gasteiger partial charge in [-0.2, -0.15) is 5.26 Å². The fourth-order valence-corrected chi connectivity index (χ4v) is 5.88. The van der Waals surface area contributed by atoms with Gasteiger partial charge in [0, 0.05) is 23.6 Å². The van der Waals surface area contributed by atoms with Crippen molar-refractivity contribution in [2.24, 2.45) is 16.7 Å². The van der Waals surface area contributed by atoms with Gasteiger partial charge in [-0.05, 0) is 42.7 Å². The molecular formula is C18H18ClN3O3. The molecule has 1 aliphatic heterocycles. The quantitative estimate of drug-likeness (QED) is 0.593. The largest absolute Gasteiger partial charge is 0.319 e. The number of hydrogen-bond acceptors (Lipinski definition) is 4. The van der Waals surface area contributed by atoms with Crippen molar-refractivity contribution in [2.45, 2.75) is 38.6 Å². The van der Waals surface area contributed by atoms with Gasteiger partial charge < -0.3 is 4.90 Å².